The van der Waals surface area contributed by atoms with Crippen molar-refractivity contribution in [2.75, 3.05) is 25.0 Å². The lowest BCUT2D eigenvalue weighted by atomic mass is 10.1. The molecule has 1 aromatic carbocycles. The van der Waals surface area contributed by atoms with Crippen LogP contribution in [0.1, 0.15) is 12.8 Å². The van der Waals surface area contributed by atoms with Crippen LogP contribution in [-0.4, -0.2) is 41.4 Å². The van der Waals surface area contributed by atoms with Crippen LogP contribution in [0.2, 0.25) is 5.02 Å². The lowest BCUT2D eigenvalue weighted by Crippen LogP contribution is -2.41. The maximum atomic E-state index is 13.9. The lowest BCUT2D eigenvalue weighted by Gasteiger charge is -2.30. The van der Waals surface area contributed by atoms with Gasteiger partial charge in [-0.3, -0.25) is 5.10 Å². The Hall–Kier alpha value is -1.66. The lowest BCUT2D eigenvalue weighted by molar-refractivity contribution is 0.439. The summed E-state index contributed by atoms with van der Waals surface area (Å²) in [4.78, 5) is 6.51. The van der Waals surface area contributed by atoms with Crippen molar-refractivity contribution in [1.29, 1.82) is 0 Å². The van der Waals surface area contributed by atoms with E-state index >= 15 is 0 Å². The van der Waals surface area contributed by atoms with E-state index in [0.717, 1.165) is 25.9 Å². The molecule has 5 nitrogen and oxygen atoms in total. The number of piperidine rings is 1. The van der Waals surface area contributed by atoms with Crippen LogP contribution in [0, 0.1) is 5.82 Å². The maximum Gasteiger partial charge on any atom is 0.245 e. The highest BCUT2D eigenvalue weighted by Crippen LogP contribution is 2.24. The summed E-state index contributed by atoms with van der Waals surface area (Å²) in [6, 6.07) is 5.07. The fraction of sp³-hybridized carbons (Fsp3) is 0.429. The SMILES string of the molecule is CNC1CCN(c2n[nH]c(-c3ccc(Cl)cc3F)n2)CC1. The van der Waals surface area contributed by atoms with Crippen LogP contribution in [-0.2, 0) is 0 Å². The molecule has 21 heavy (non-hydrogen) atoms. The van der Waals surface area contributed by atoms with Crippen molar-refractivity contribution in [3.05, 3.63) is 29.0 Å². The molecule has 1 aliphatic heterocycles. The largest absolute Gasteiger partial charge is 0.339 e. The molecule has 0 atom stereocenters. The van der Waals surface area contributed by atoms with Crippen LogP contribution in [0.5, 0.6) is 0 Å². The van der Waals surface area contributed by atoms with E-state index in [1.54, 1.807) is 12.1 Å². The van der Waals surface area contributed by atoms with Crippen LogP contribution in [0.15, 0.2) is 18.2 Å². The number of nitrogens with one attached hydrogen (secondary N) is 2. The average molecular weight is 310 g/mol. The van der Waals surface area contributed by atoms with E-state index in [2.05, 4.69) is 25.4 Å². The molecule has 1 aromatic heterocycles. The summed E-state index contributed by atoms with van der Waals surface area (Å²) >= 11 is 5.76. The van der Waals surface area contributed by atoms with Crippen LogP contribution in [0.3, 0.4) is 0 Å². The molecule has 0 unspecified atom stereocenters. The minimum absolute atomic E-state index is 0.366. The summed E-state index contributed by atoms with van der Waals surface area (Å²) in [6.45, 7) is 1.79. The highest BCUT2D eigenvalue weighted by molar-refractivity contribution is 6.30. The van der Waals surface area contributed by atoms with Crippen molar-refractivity contribution in [2.45, 2.75) is 18.9 Å². The van der Waals surface area contributed by atoms with Gasteiger partial charge in [0.2, 0.25) is 5.95 Å². The number of aromatic nitrogens is 3. The normalized spacial score (nSPS) is 16.4. The van der Waals surface area contributed by atoms with Gasteiger partial charge in [0.05, 0.1) is 5.56 Å². The first-order valence-electron chi connectivity index (χ1n) is 6.97. The number of benzene rings is 1. The number of aromatic amines is 1. The van der Waals surface area contributed by atoms with E-state index in [1.807, 2.05) is 7.05 Å². The molecule has 1 saturated heterocycles. The third-order valence-corrected chi connectivity index (χ3v) is 4.08. The Kier molecular flexibility index (Phi) is 4.07. The first-order chi connectivity index (χ1) is 10.2. The molecule has 3 rings (SSSR count). The third kappa shape index (κ3) is 3.01. The molecule has 112 valence electrons. The minimum Gasteiger partial charge on any atom is -0.339 e. The molecule has 0 radical (unpaired) electrons. The Morgan fingerprint density at radius 3 is 2.81 bits per heavy atom. The van der Waals surface area contributed by atoms with Crippen molar-refractivity contribution in [3.63, 3.8) is 0 Å². The van der Waals surface area contributed by atoms with Gasteiger partial charge in [-0.2, -0.15) is 4.98 Å². The van der Waals surface area contributed by atoms with E-state index in [-0.39, 0.29) is 0 Å². The van der Waals surface area contributed by atoms with Gasteiger partial charge in [0, 0.05) is 24.2 Å². The molecule has 1 aliphatic rings. The Morgan fingerprint density at radius 2 is 2.14 bits per heavy atom. The molecule has 1 fully saturated rings. The Bertz CT molecular complexity index is 622. The molecule has 0 bridgehead atoms. The van der Waals surface area contributed by atoms with Gasteiger partial charge in [-0.1, -0.05) is 11.6 Å². The summed E-state index contributed by atoms with van der Waals surface area (Å²) in [5.74, 6) is 0.642. The fourth-order valence-electron chi connectivity index (χ4n) is 2.56. The summed E-state index contributed by atoms with van der Waals surface area (Å²) < 4.78 is 13.9. The first kappa shape index (κ1) is 14.3. The second-order valence-corrected chi connectivity index (χ2v) is 5.59. The number of halogens is 2. The van der Waals surface area contributed by atoms with Gasteiger partial charge in [-0.15, -0.1) is 5.10 Å². The highest BCUT2D eigenvalue weighted by Gasteiger charge is 2.21. The van der Waals surface area contributed by atoms with E-state index in [0.29, 0.717) is 28.4 Å². The van der Waals surface area contributed by atoms with E-state index in [9.17, 15) is 4.39 Å². The van der Waals surface area contributed by atoms with Crippen LogP contribution < -0.4 is 10.2 Å². The Labute approximate surface area is 127 Å². The van der Waals surface area contributed by atoms with E-state index < -0.39 is 5.82 Å². The standard InChI is InChI=1S/C14H17ClFN5/c1-17-10-4-6-21(7-5-10)14-18-13(19-20-14)11-3-2-9(15)8-12(11)16/h2-3,8,10,17H,4-7H2,1H3,(H,18,19,20). The van der Waals surface area contributed by atoms with Crippen molar-refractivity contribution < 1.29 is 4.39 Å². The fourth-order valence-corrected chi connectivity index (χ4v) is 2.72. The second kappa shape index (κ2) is 5.99. The van der Waals surface area contributed by atoms with Gasteiger partial charge >= 0.3 is 0 Å². The van der Waals surface area contributed by atoms with Gasteiger partial charge < -0.3 is 10.2 Å². The van der Waals surface area contributed by atoms with Crippen molar-refractivity contribution in [3.8, 4) is 11.4 Å². The molecule has 2 heterocycles. The van der Waals surface area contributed by atoms with Gasteiger partial charge in [-0.05, 0) is 38.1 Å². The van der Waals surface area contributed by atoms with Crippen LogP contribution in [0.25, 0.3) is 11.4 Å². The number of hydrogen-bond acceptors (Lipinski definition) is 4. The zero-order valence-corrected chi connectivity index (χ0v) is 12.5. The van der Waals surface area contributed by atoms with E-state index in [1.165, 1.54) is 6.07 Å². The molecule has 7 heteroatoms. The topological polar surface area (TPSA) is 56.8 Å². The Morgan fingerprint density at radius 1 is 1.38 bits per heavy atom. The van der Waals surface area contributed by atoms with E-state index in [4.69, 9.17) is 11.6 Å². The number of nitrogens with zero attached hydrogens (tertiary/aromatic N) is 3. The molecular weight excluding hydrogens is 293 g/mol. The molecule has 0 saturated carbocycles. The molecule has 2 N–H and O–H groups in total. The van der Waals surface area contributed by atoms with Crippen LogP contribution in [0.4, 0.5) is 10.3 Å². The Balaban J connectivity index is 1.77. The maximum absolute atomic E-state index is 13.9. The van der Waals surface area contributed by atoms with Crippen molar-refractivity contribution in [2.24, 2.45) is 0 Å². The number of hydrogen-bond donors (Lipinski definition) is 2. The molecule has 0 aliphatic carbocycles. The van der Waals surface area contributed by atoms with Crippen molar-refractivity contribution >= 4 is 17.5 Å². The number of H-pyrrole nitrogens is 1. The average Bonchev–Trinajstić information content (AvgIpc) is 2.97. The quantitative estimate of drug-likeness (QED) is 0.914. The van der Waals surface area contributed by atoms with Gasteiger partial charge in [0.15, 0.2) is 5.82 Å². The van der Waals surface area contributed by atoms with Gasteiger partial charge in [-0.25, -0.2) is 4.39 Å². The molecule has 2 aromatic rings. The molecule has 0 amide bonds. The molecule has 0 spiro atoms. The summed E-state index contributed by atoms with van der Waals surface area (Å²) in [5.41, 5.74) is 0.378. The zero-order valence-electron chi connectivity index (χ0n) is 11.7. The predicted octanol–water partition coefficient (Wildman–Crippen LogP) is 2.45. The number of anilines is 1. The summed E-state index contributed by atoms with van der Waals surface area (Å²) in [7, 11) is 1.98. The summed E-state index contributed by atoms with van der Waals surface area (Å²) in [5, 5.41) is 10.7. The van der Waals surface area contributed by atoms with Crippen molar-refractivity contribution in [1.82, 2.24) is 20.5 Å². The minimum atomic E-state index is -0.404. The van der Waals surface area contributed by atoms with Gasteiger partial charge in [0.25, 0.3) is 0 Å². The predicted molar refractivity (Wildman–Crippen MR) is 81.1 cm³/mol. The highest BCUT2D eigenvalue weighted by atomic mass is 35.5. The first-order valence-corrected chi connectivity index (χ1v) is 7.35. The monoisotopic (exact) mass is 309 g/mol. The smallest absolute Gasteiger partial charge is 0.245 e. The zero-order chi connectivity index (χ0) is 14.8. The molecular formula is C14H17ClFN5. The second-order valence-electron chi connectivity index (χ2n) is 5.16. The summed E-state index contributed by atoms with van der Waals surface area (Å²) in [6.07, 6.45) is 2.10. The van der Waals surface area contributed by atoms with Gasteiger partial charge in [0.1, 0.15) is 5.82 Å². The number of rotatable bonds is 3. The third-order valence-electron chi connectivity index (χ3n) is 3.85. The van der Waals surface area contributed by atoms with Crippen LogP contribution >= 0.6 is 11.6 Å².